The lowest BCUT2D eigenvalue weighted by molar-refractivity contribution is 0.182. The molecule has 0 fully saturated rings. The third kappa shape index (κ3) is 2.25. The molecule has 1 heterocycles. The lowest BCUT2D eigenvalue weighted by atomic mass is 10.4. The fraction of sp³-hybridized carbons (Fsp3) is 0.167. The monoisotopic (exact) mass is 271 g/mol. The van der Waals surface area contributed by atoms with E-state index < -0.39 is 12.8 Å². The van der Waals surface area contributed by atoms with Crippen LogP contribution in [0.15, 0.2) is 12.3 Å². The molecule has 60 valence electrons. The van der Waals surface area contributed by atoms with Crippen LogP contribution in [0.4, 0.5) is 8.78 Å². The lowest BCUT2D eigenvalue weighted by Gasteiger charge is -2.00. The summed E-state index contributed by atoms with van der Waals surface area (Å²) in [5.74, 6) is -0.942. The van der Waals surface area contributed by atoms with Gasteiger partial charge in [0, 0.05) is 9.77 Å². The van der Waals surface area contributed by atoms with Crippen molar-refractivity contribution in [2.24, 2.45) is 0 Å². The van der Waals surface area contributed by atoms with E-state index in [4.69, 9.17) is 0 Å². The predicted octanol–water partition coefficient (Wildman–Crippen LogP) is 2.13. The summed E-state index contributed by atoms with van der Waals surface area (Å²) >= 11 is 1.93. The van der Waals surface area contributed by atoms with Crippen LogP contribution in [-0.2, 0) is 0 Å². The van der Waals surface area contributed by atoms with Crippen molar-refractivity contribution < 1.29 is 13.5 Å². The molecule has 1 rings (SSSR count). The summed E-state index contributed by atoms with van der Waals surface area (Å²) in [5.41, 5.74) is 0. The second-order valence-electron chi connectivity index (χ2n) is 1.70. The van der Waals surface area contributed by atoms with Gasteiger partial charge in [-0.2, -0.15) is 4.39 Å². The Morgan fingerprint density at radius 1 is 1.64 bits per heavy atom. The molecule has 0 saturated carbocycles. The van der Waals surface area contributed by atoms with Crippen molar-refractivity contribution in [2.45, 2.75) is 0 Å². The summed E-state index contributed by atoms with van der Waals surface area (Å²) in [6.07, 6.45) is 1.33. The molecule has 0 aliphatic carbocycles. The summed E-state index contributed by atoms with van der Waals surface area (Å²) in [6, 6.07) is 1.38. The molecule has 0 aliphatic rings. The summed E-state index contributed by atoms with van der Waals surface area (Å²) in [5, 5.41) is 0. The molecule has 11 heavy (non-hydrogen) atoms. The first-order valence-corrected chi connectivity index (χ1v) is 3.81. The van der Waals surface area contributed by atoms with Crippen molar-refractivity contribution >= 4 is 22.6 Å². The van der Waals surface area contributed by atoms with Gasteiger partial charge in [0.25, 0.3) is 5.95 Å². The van der Waals surface area contributed by atoms with Crippen LogP contribution in [0.3, 0.4) is 0 Å². The number of ether oxygens (including phenoxy) is 1. The van der Waals surface area contributed by atoms with E-state index in [2.05, 4.69) is 9.72 Å². The second-order valence-corrected chi connectivity index (χ2v) is 2.94. The highest BCUT2D eigenvalue weighted by Crippen LogP contribution is 2.17. The van der Waals surface area contributed by atoms with E-state index in [1.165, 1.54) is 12.3 Å². The van der Waals surface area contributed by atoms with Gasteiger partial charge < -0.3 is 4.74 Å². The lowest BCUT2D eigenvalue weighted by Crippen LogP contribution is -1.95. The van der Waals surface area contributed by atoms with E-state index in [0.717, 1.165) is 0 Å². The number of rotatable bonds is 2. The Hall–Kier alpha value is -0.460. The number of nitrogens with zero attached hydrogens (tertiary/aromatic N) is 1. The van der Waals surface area contributed by atoms with Gasteiger partial charge in [0.15, 0.2) is 5.75 Å². The fourth-order valence-corrected chi connectivity index (χ4v) is 0.986. The average molecular weight is 271 g/mol. The number of hydrogen-bond donors (Lipinski definition) is 0. The summed E-state index contributed by atoms with van der Waals surface area (Å²) < 4.78 is 29.1. The van der Waals surface area contributed by atoms with Gasteiger partial charge in [-0.25, -0.2) is 9.37 Å². The highest BCUT2D eigenvalue weighted by molar-refractivity contribution is 14.1. The van der Waals surface area contributed by atoms with Gasteiger partial charge in [0.2, 0.25) is 6.86 Å². The van der Waals surface area contributed by atoms with Gasteiger partial charge >= 0.3 is 0 Å². The van der Waals surface area contributed by atoms with E-state index in [-0.39, 0.29) is 5.75 Å². The van der Waals surface area contributed by atoms with Crippen LogP contribution >= 0.6 is 22.6 Å². The Bertz CT molecular complexity index is 256. The Morgan fingerprint density at radius 3 is 3.00 bits per heavy atom. The molecule has 0 N–H and O–H groups in total. The molecule has 0 aromatic carbocycles. The third-order valence-corrected chi connectivity index (χ3v) is 1.57. The first-order valence-electron chi connectivity index (χ1n) is 2.74. The van der Waals surface area contributed by atoms with Crippen molar-refractivity contribution in [2.75, 3.05) is 6.86 Å². The number of alkyl halides is 1. The Morgan fingerprint density at radius 2 is 2.36 bits per heavy atom. The molecule has 1 aromatic heterocycles. The smallest absolute Gasteiger partial charge is 0.255 e. The van der Waals surface area contributed by atoms with E-state index >= 15 is 0 Å². The summed E-state index contributed by atoms with van der Waals surface area (Å²) in [6.45, 7) is -1.04. The van der Waals surface area contributed by atoms with Crippen LogP contribution < -0.4 is 4.74 Å². The van der Waals surface area contributed by atoms with Crippen molar-refractivity contribution in [3.8, 4) is 5.75 Å². The summed E-state index contributed by atoms with van der Waals surface area (Å²) in [7, 11) is 0. The quantitative estimate of drug-likeness (QED) is 0.607. The maximum absolute atomic E-state index is 12.6. The molecule has 5 heteroatoms. The second kappa shape index (κ2) is 3.80. The predicted molar refractivity (Wildman–Crippen MR) is 43.5 cm³/mol. The Balaban J connectivity index is 2.93. The molecular formula is C6H4F2INO. The van der Waals surface area contributed by atoms with E-state index in [9.17, 15) is 8.78 Å². The molecule has 0 atom stereocenters. The maximum atomic E-state index is 12.6. The molecule has 0 bridgehead atoms. The molecule has 0 amide bonds. The molecule has 0 spiro atoms. The first kappa shape index (κ1) is 8.63. The molecule has 0 aliphatic heterocycles. The minimum absolute atomic E-state index is 0.153. The SMILES string of the molecule is FCOc1cc(I)cnc1F. The number of aromatic nitrogens is 1. The van der Waals surface area contributed by atoms with Gasteiger partial charge in [-0.3, -0.25) is 0 Å². The molecule has 2 nitrogen and oxygen atoms in total. The van der Waals surface area contributed by atoms with Gasteiger partial charge in [-0.05, 0) is 28.7 Å². The highest BCUT2D eigenvalue weighted by Gasteiger charge is 2.03. The third-order valence-electron chi connectivity index (χ3n) is 0.984. The van der Waals surface area contributed by atoms with Gasteiger partial charge in [0.05, 0.1) is 0 Å². The van der Waals surface area contributed by atoms with Crippen molar-refractivity contribution in [3.05, 3.63) is 21.8 Å². The Kier molecular flexibility index (Phi) is 2.98. The Labute approximate surface area is 75.7 Å². The van der Waals surface area contributed by atoms with Gasteiger partial charge in [-0.15, -0.1) is 0 Å². The first-order chi connectivity index (χ1) is 5.24. The molecule has 1 aromatic rings. The van der Waals surface area contributed by atoms with Gasteiger partial charge in [-0.1, -0.05) is 0 Å². The fourth-order valence-electron chi connectivity index (χ4n) is 0.564. The number of hydrogen-bond acceptors (Lipinski definition) is 2. The van der Waals surface area contributed by atoms with E-state index in [1.807, 2.05) is 22.6 Å². The topological polar surface area (TPSA) is 22.1 Å². The van der Waals surface area contributed by atoms with Crippen molar-refractivity contribution in [1.29, 1.82) is 0 Å². The van der Waals surface area contributed by atoms with Crippen molar-refractivity contribution in [1.82, 2.24) is 4.98 Å². The highest BCUT2D eigenvalue weighted by atomic mass is 127. The molecule has 0 unspecified atom stereocenters. The van der Waals surface area contributed by atoms with Crippen LogP contribution in [0.2, 0.25) is 0 Å². The molecule has 0 radical (unpaired) electrons. The van der Waals surface area contributed by atoms with Crippen LogP contribution in [-0.4, -0.2) is 11.8 Å². The average Bonchev–Trinajstić information content (AvgIpc) is 1.98. The largest absolute Gasteiger partial charge is 0.458 e. The molecular weight excluding hydrogens is 267 g/mol. The van der Waals surface area contributed by atoms with E-state index in [1.54, 1.807) is 0 Å². The zero-order chi connectivity index (χ0) is 8.27. The van der Waals surface area contributed by atoms with Crippen LogP contribution in [0.1, 0.15) is 0 Å². The zero-order valence-electron chi connectivity index (χ0n) is 5.35. The van der Waals surface area contributed by atoms with Crippen LogP contribution in [0, 0.1) is 9.52 Å². The minimum atomic E-state index is -1.04. The van der Waals surface area contributed by atoms with E-state index in [0.29, 0.717) is 3.57 Å². The molecule has 0 saturated heterocycles. The standard InChI is InChI=1S/C6H4F2INO/c7-3-11-5-1-4(9)2-10-6(5)8/h1-2H,3H2. The normalized spacial score (nSPS) is 9.73. The van der Waals surface area contributed by atoms with Crippen molar-refractivity contribution in [3.63, 3.8) is 0 Å². The minimum Gasteiger partial charge on any atom is -0.458 e. The number of pyridine rings is 1. The van der Waals surface area contributed by atoms with Crippen LogP contribution in [0.5, 0.6) is 5.75 Å². The zero-order valence-corrected chi connectivity index (χ0v) is 7.51. The summed E-state index contributed by atoms with van der Waals surface area (Å²) in [4.78, 5) is 3.33. The number of halogens is 3. The maximum Gasteiger partial charge on any atom is 0.255 e. The van der Waals surface area contributed by atoms with Crippen LogP contribution in [0.25, 0.3) is 0 Å². The van der Waals surface area contributed by atoms with Gasteiger partial charge in [0.1, 0.15) is 0 Å².